The average Bonchev–Trinajstić information content (AvgIpc) is 2.93. The van der Waals surface area contributed by atoms with Crippen LogP contribution in [-0.4, -0.2) is 32.9 Å². The maximum atomic E-state index is 13.1. The van der Waals surface area contributed by atoms with E-state index in [4.69, 9.17) is 4.74 Å². The number of rotatable bonds is 6. The van der Waals surface area contributed by atoms with Gasteiger partial charge in [-0.2, -0.15) is 5.10 Å². The number of nitrogens with one attached hydrogen (secondary N) is 1. The van der Waals surface area contributed by atoms with Crippen molar-refractivity contribution in [2.24, 2.45) is 0 Å². The standard InChI is InChI=1S/C17H17F2N5O/c1-11-7-12(2)24(23-11)17-10-20-9-16(22-17)21-5-6-25-13-3-4-14(18)15(19)8-13/h3-4,7-10H,5-6H2,1-2H3,(H,21,22). The summed E-state index contributed by atoms with van der Waals surface area (Å²) < 4.78 is 33.0. The summed E-state index contributed by atoms with van der Waals surface area (Å²) in [5, 5.41) is 7.44. The monoisotopic (exact) mass is 345 g/mol. The second-order valence-corrected chi connectivity index (χ2v) is 5.45. The van der Waals surface area contributed by atoms with E-state index < -0.39 is 11.6 Å². The third-order valence-corrected chi connectivity index (χ3v) is 3.42. The van der Waals surface area contributed by atoms with E-state index in [0.717, 1.165) is 23.5 Å². The van der Waals surface area contributed by atoms with Crippen molar-refractivity contribution in [3.63, 3.8) is 0 Å². The molecule has 8 heteroatoms. The lowest BCUT2D eigenvalue weighted by Crippen LogP contribution is -2.13. The third-order valence-electron chi connectivity index (χ3n) is 3.42. The number of hydrogen-bond donors (Lipinski definition) is 1. The maximum absolute atomic E-state index is 13.1. The molecule has 2 heterocycles. The first kappa shape index (κ1) is 16.8. The van der Waals surface area contributed by atoms with Gasteiger partial charge in [-0.3, -0.25) is 4.98 Å². The van der Waals surface area contributed by atoms with E-state index in [1.54, 1.807) is 17.1 Å². The van der Waals surface area contributed by atoms with Crippen LogP contribution in [0, 0.1) is 25.5 Å². The molecule has 0 aliphatic carbocycles. The van der Waals surface area contributed by atoms with Crippen LogP contribution in [0.3, 0.4) is 0 Å². The number of nitrogens with zero attached hydrogens (tertiary/aromatic N) is 4. The first-order valence-electron chi connectivity index (χ1n) is 7.70. The fourth-order valence-electron chi connectivity index (χ4n) is 2.32. The van der Waals surface area contributed by atoms with Crippen molar-refractivity contribution < 1.29 is 13.5 Å². The summed E-state index contributed by atoms with van der Waals surface area (Å²) in [6.07, 6.45) is 3.22. The zero-order valence-corrected chi connectivity index (χ0v) is 13.8. The Labute approximate surface area is 143 Å². The molecule has 0 aliphatic rings. The Hall–Kier alpha value is -3.03. The predicted octanol–water partition coefficient (Wildman–Crippen LogP) is 3.05. The minimum Gasteiger partial charge on any atom is -0.492 e. The van der Waals surface area contributed by atoms with Gasteiger partial charge in [-0.05, 0) is 32.0 Å². The van der Waals surface area contributed by atoms with E-state index in [1.807, 2.05) is 19.9 Å². The van der Waals surface area contributed by atoms with E-state index in [2.05, 4.69) is 20.4 Å². The molecule has 0 fully saturated rings. The van der Waals surface area contributed by atoms with Gasteiger partial charge in [0.1, 0.15) is 18.2 Å². The lowest BCUT2D eigenvalue weighted by molar-refractivity contribution is 0.329. The van der Waals surface area contributed by atoms with Crippen molar-refractivity contribution in [1.29, 1.82) is 0 Å². The molecule has 0 saturated carbocycles. The van der Waals surface area contributed by atoms with Gasteiger partial charge < -0.3 is 10.1 Å². The summed E-state index contributed by atoms with van der Waals surface area (Å²) >= 11 is 0. The smallest absolute Gasteiger partial charge is 0.174 e. The maximum Gasteiger partial charge on any atom is 0.174 e. The van der Waals surface area contributed by atoms with Gasteiger partial charge in [0.2, 0.25) is 0 Å². The Kier molecular flexibility index (Phi) is 4.87. The number of benzene rings is 1. The van der Waals surface area contributed by atoms with Gasteiger partial charge in [0.05, 0.1) is 24.6 Å². The van der Waals surface area contributed by atoms with Crippen LogP contribution in [0.25, 0.3) is 5.82 Å². The molecule has 0 spiro atoms. The van der Waals surface area contributed by atoms with Crippen molar-refractivity contribution in [2.45, 2.75) is 13.8 Å². The molecular formula is C17H17F2N5O. The highest BCUT2D eigenvalue weighted by Crippen LogP contribution is 2.15. The largest absolute Gasteiger partial charge is 0.492 e. The molecule has 6 nitrogen and oxygen atoms in total. The van der Waals surface area contributed by atoms with Crippen LogP contribution in [0.1, 0.15) is 11.4 Å². The second kappa shape index (κ2) is 7.25. The van der Waals surface area contributed by atoms with E-state index in [-0.39, 0.29) is 12.4 Å². The van der Waals surface area contributed by atoms with Crippen molar-refractivity contribution in [3.8, 4) is 11.6 Å². The summed E-state index contributed by atoms with van der Waals surface area (Å²) in [5.41, 5.74) is 1.86. The summed E-state index contributed by atoms with van der Waals surface area (Å²) in [5.74, 6) is -0.394. The lowest BCUT2D eigenvalue weighted by atomic mass is 10.3. The number of halogens is 2. The van der Waals surface area contributed by atoms with Gasteiger partial charge in [-0.1, -0.05) is 0 Å². The molecule has 0 aliphatic heterocycles. The molecular weight excluding hydrogens is 328 g/mol. The Morgan fingerprint density at radius 1 is 1.12 bits per heavy atom. The molecule has 3 aromatic rings. The summed E-state index contributed by atoms with van der Waals surface area (Å²) in [6, 6.07) is 5.37. The van der Waals surface area contributed by atoms with Crippen LogP contribution in [0.5, 0.6) is 5.75 Å². The molecule has 0 atom stereocenters. The lowest BCUT2D eigenvalue weighted by Gasteiger charge is -2.09. The van der Waals surface area contributed by atoms with Gasteiger partial charge >= 0.3 is 0 Å². The summed E-state index contributed by atoms with van der Waals surface area (Å²) in [6.45, 7) is 4.54. The summed E-state index contributed by atoms with van der Waals surface area (Å²) in [4.78, 5) is 8.60. The number of aryl methyl sites for hydroxylation is 2. The number of anilines is 1. The molecule has 0 radical (unpaired) electrons. The van der Waals surface area contributed by atoms with Gasteiger partial charge in [0.15, 0.2) is 17.5 Å². The van der Waals surface area contributed by atoms with Gasteiger partial charge in [-0.25, -0.2) is 18.4 Å². The topological polar surface area (TPSA) is 64.9 Å². The Morgan fingerprint density at radius 2 is 1.96 bits per heavy atom. The highest BCUT2D eigenvalue weighted by molar-refractivity contribution is 5.36. The number of ether oxygens (including phenoxy) is 1. The molecule has 0 amide bonds. The second-order valence-electron chi connectivity index (χ2n) is 5.45. The minimum absolute atomic E-state index is 0.261. The highest BCUT2D eigenvalue weighted by Gasteiger charge is 2.07. The Bertz CT molecular complexity index is 881. The molecule has 130 valence electrons. The first-order valence-corrected chi connectivity index (χ1v) is 7.70. The predicted molar refractivity (Wildman–Crippen MR) is 89.0 cm³/mol. The quantitative estimate of drug-likeness (QED) is 0.696. The first-order chi connectivity index (χ1) is 12.0. The van der Waals surface area contributed by atoms with Crippen LogP contribution < -0.4 is 10.1 Å². The van der Waals surface area contributed by atoms with Crippen molar-refractivity contribution in [2.75, 3.05) is 18.5 Å². The third kappa shape index (κ3) is 4.09. The zero-order chi connectivity index (χ0) is 17.8. The van der Waals surface area contributed by atoms with Gasteiger partial charge in [0, 0.05) is 11.8 Å². The molecule has 3 rings (SSSR count). The molecule has 1 N–H and O–H groups in total. The molecule has 0 unspecified atom stereocenters. The van der Waals surface area contributed by atoms with E-state index in [9.17, 15) is 8.78 Å². The zero-order valence-electron chi connectivity index (χ0n) is 13.8. The van der Waals surface area contributed by atoms with Crippen LogP contribution in [-0.2, 0) is 0 Å². The van der Waals surface area contributed by atoms with Gasteiger partial charge in [0.25, 0.3) is 0 Å². The molecule has 2 aromatic heterocycles. The molecule has 0 saturated heterocycles. The van der Waals surface area contributed by atoms with E-state index in [0.29, 0.717) is 18.2 Å². The van der Waals surface area contributed by atoms with E-state index in [1.165, 1.54) is 6.07 Å². The molecule has 0 bridgehead atoms. The minimum atomic E-state index is -0.936. The van der Waals surface area contributed by atoms with Crippen molar-refractivity contribution >= 4 is 5.82 Å². The van der Waals surface area contributed by atoms with Crippen LogP contribution >= 0.6 is 0 Å². The normalized spacial score (nSPS) is 10.7. The number of hydrogen-bond acceptors (Lipinski definition) is 5. The van der Waals surface area contributed by atoms with Gasteiger partial charge in [-0.15, -0.1) is 0 Å². The van der Waals surface area contributed by atoms with E-state index >= 15 is 0 Å². The van der Waals surface area contributed by atoms with Crippen LogP contribution in [0.4, 0.5) is 14.6 Å². The Morgan fingerprint density at radius 3 is 2.68 bits per heavy atom. The highest BCUT2D eigenvalue weighted by atomic mass is 19.2. The molecule has 1 aromatic carbocycles. The average molecular weight is 345 g/mol. The van der Waals surface area contributed by atoms with Crippen LogP contribution in [0.15, 0.2) is 36.7 Å². The van der Waals surface area contributed by atoms with Crippen LogP contribution in [0.2, 0.25) is 0 Å². The molecule has 25 heavy (non-hydrogen) atoms. The fourth-order valence-corrected chi connectivity index (χ4v) is 2.32. The Balaban J connectivity index is 1.57. The van der Waals surface area contributed by atoms with Crippen molar-refractivity contribution in [1.82, 2.24) is 19.7 Å². The number of aromatic nitrogens is 4. The summed E-state index contributed by atoms with van der Waals surface area (Å²) in [7, 11) is 0. The fraction of sp³-hybridized carbons (Fsp3) is 0.235. The van der Waals surface area contributed by atoms with Crippen molar-refractivity contribution in [3.05, 3.63) is 59.7 Å². The SMILES string of the molecule is Cc1cc(C)n(-c2cncc(NCCOc3ccc(F)c(F)c3)n2)n1.